The Labute approximate surface area is 149 Å². The SMILES string of the molecule is Cc1nnc(NC(=O)c2ccc(-n3ncc(Cl)c(Cl)c3=O)cc2)s1. The Hall–Kier alpha value is -2.29. The fraction of sp³-hybridized carbons (Fsp3) is 0.0714. The van der Waals surface area contributed by atoms with Gasteiger partial charge in [0.2, 0.25) is 5.13 Å². The number of nitrogens with one attached hydrogen (secondary N) is 1. The predicted octanol–water partition coefficient (Wildman–Crippen LogP) is 2.95. The van der Waals surface area contributed by atoms with Gasteiger partial charge in [-0.15, -0.1) is 10.2 Å². The third kappa shape index (κ3) is 3.30. The maximum absolute atomic E-state index is 12.1. The molecule has 0 aliphatic carbocycles. The van der Waals surface area contributed by atoms with Gasteiger partial charge in [-0.3, -0.25) is 14.9 Å². The van der Waals surface area contributed by atoms with E-state index in [4.69, 9.17) is 23.2 Å². The van der Waals surface area contributed by atoms with Gasteiger partial charge in [-0.2, -0.15) is 9.78 Å². The third-order valence-corrected chi connectivity index (χ3v) is 4.50. The molecule has 0 saturated carbocycles. The molecule has 0 saturated heterocycles. The highest BCUT2D eigenvalue weighted by Crippen LogP contribution is 2.17. The molecule has 0 fully saturated rings. The summed E-state index contributed by atoms with van der Waals surface area (Å²) in [7, 11) is 0. The van der Waals surface area contributed by atoms with Gasteiger partial charge < -0.3 is 0 Å². The first kappa shape index (κ1) is 16.6. The van der Waals surface area contributed by atoms with E-state index >= 15 is 0 Å². The number of carbonyl (C=O) groups is 1. The highest BCUT2D eigenvalue weighted by Gasteiger charge is 2.12. The lowest BCUT2D eigenvalue weighted by Crippen LogP contribution is -2.21. The Morgan fingerprint density at radius 3 is 2.54 bits per heavy atom. The Morgan fingerprint density at radius 1 is 1.21 bits per heavy atom. The highest BCUT2D eigenvalue weighted by molar-refractivity contribution is 7.15. The maximum Gasteiger partial charge on any atom is 0.291 e. The van der Waals surface area contributed by atoms with E-state index in [1.807, 2.05) is 0 Å². The zero-order valence-electron chi connectivity index (χ0n) is 12.2. The van der Waals surface area contributed by atoms with Crippen LogP contribution in [-0.4, -0.2) is 25.9 Å². The summed E-state index contributed by atoms with van der Waals surface area (Å²) in [5, 5.41) is 15.4. The minimum absolute atomic E-state index is 0.0845. The molecule has 0 radical (unpaired) electrons. The second kappa shape index (κ2) is 6.68. The van der Waals surface area contributed by atoms with Crippen LogP contribution < -0.4 is 10.9 Å². The molecule has 122 valence electrons. The second-order valence-electron chi connectivity index (χ2n) is 4.65. The number of amides is 1. The summed E-state index contributed by atoms with van der Waals surface area (Å²) in [5.41, 5.74) is 0.326. The number of anilines is 1. The van der Waals surface area contributed by atoms with Crippen LogP contribution in [0.25, 0.3) is 5.69 Å². The van der Waals surface area contributed by atoms with Gasteiger partial charge in [0.1, 0.15) is 10.0 Å². The van der Waals surface area contributed by atoms with Gasteiger partial charge in [0.15, 0.2) is 0 Å². The van der Waals surface area contributed by atoms with Crippen LogP contribution in [0, 0.1) is 6.92 Å². The fourth-order valence-electron chi connectivity index (χ4n) is 1.87. The van der Waals surface area contributed by atoms with Gasteiger partial charge in [-0.05, 0) is 31.2 Å². The first-order chi connectivity index (χ1) is 11.5. The third-order valence-electron chi connectivity index (χ3n) is 3.00. The first-order valence-corrected chi connectivity index (χ1v) is 8.18. The fourth-order valence-corrected chi connectivity index (χ4v) is 2.71. The molecular formula is C14H9Cl2N5O2S. The van der Waals surface area contributed by atoms with Crippen molar-refractivity contribution in [2.45, 2.75) is 6.92 Å². The molecule has 1 aromatic carbocycles. The van der Waals surface area contributed by atoms with E-state index < -0.39 is 5.56 Å². The van der Waals surface area contributed by atoms with E-state index in [-0.39, 0.29) is 16.0 Å². The van der Waals surface area contributed by atoms with E-state index in [0.717, 1.165) is 9.69 Å². The summed E-state index contributed by atoms with van der Waals surface area (Å²) in [5.74, 6) is -0.327. The van der Waals surface area contributed by atoms with Gasteiger partial charge in [-0.25, -0.2) is 0 Å². The summed E-state index contributed by atoms with van der Waals surface area (Å²) in [4.78, 5) is 24.2. The summed E-state index contributed by atoms with van der Waals surface area (Å²) in [6, 6.07) is 6.29. The topological polar surface area (TPSA) is 89.8 Å². The molecule has 3 aromatic rings. The van der Waals surface area contributed by atoms with Gasteiger partial charge in [0, 0.05) is 5.56 Å². The molecule has 2 aromatic heterocycles. The average Bonchev–Trinajstić information content (AvgIpc) is 2.98. The van der Waals surface area contributed by atoms with Crippen LogP contribution >= 0.6 is 34.5 Å². The Morgan fingerprint density at radius 2 is 1.92 bits per heavy atom. The standard InChI is InChI=1S/C14H9Cl2N5O2S/c1-7-19-20-14(24-7)18-12(22)8-2-4-9(5-3-8)21-13(23)11(16)10(15)6-17-21/h2-6H,1H3,(H,18,20,22). The summed E-state index contributed by atoms with van der Waals surface area (Å²) < 4.78 is 1.10. The molecule has 0 aliphatic rings. The van der Waals surface area contributed by atoms with Crippen molar-refractivity contribution >= 4 is 45.6 Å². The number of hydrogen-bond acceptors (Lipinski definition) is 6. The van der Waals surface area contributed by atoms with Crippen LogP contribution in [0.15, 0.2) is 35.3 Å². The highest BCUT2D eigenvalue weighted by atomic mass is 35.5. The molecule has 0 aliphatic heterocycles. The number of nitrogens with zero attached hydrogens (tertiary/aromatic N) is 4. The zero-order valence-corrected chi connectivity index (χ0v) is 14.5. The van der Waals surface area contributed by atoms with Crippen molar-refractivity contribution in [1.29, 1.82) is 0 Å². The number of halogens is 2. The molecule has 0 unspecified atom stereocenters. The van der Waals surface area contributed by atoms with Crippen molar-refractivity contribution in [3.05, 3.63) is 61.4 Å². The van der Waals surface area contributed by atoms with Crippen LogP contribution in [0.4, 0.5) is 5.13 Å². The number of carbonyl (C=O) groups excluding carboxylic acids is 1. The summed E-state index contributed by atoms with van der Waals surface area (Å²) in [6.45, 7) is 1.80. The van der Waals surface area contributed by atoms with Crippen molar-refractivity contribution in [2.24, 2.45) is 0 Å². The second-order valence-corrected chi connectivity index (χ2v) is 6.62. The van der Waals surface area contributed by atoms with E-state index in [1.54, 1.807) is 31.2 Å². The van der Waals surface area contributed by atoms with Gasteiger partial charge in [-0.1, -0.05) is 34.5 Å². The van der Waals surface area contributed by atoms with Gasteiger partial charge in [0.05, 0.1) is 16.9 Å². The molecule has 3 rings (SSSR count). The van der Waals surface area contributed by atoms with Crippen molar-refractivity contribution in [3.63, 3.8) is 0 Å². The normalized spacial score (nSPS) is 10.6. The summed E-state index contributed by atoms with van der Waals surface area (Å²) in [6.07, 6.45) is 1.28. The molecule has 24 heavy (non-hydrogen) atoms. The number of rotatable bonds is 3. The van der Waals surface area contributed by atoms with Crippen LogP contribution in [0.3, 0.4) is 0 Å². The zero-order chi connectivity index (χ0) is 17.3. The minimum Gasteiger partial charge on any atom is -0.296 e. The van der Waals surface area contributed by atoms with Crippen LogP contribution in [0.5, 0.6) is 0 Å². The molecule has 0 atom stereocenters. The largest absolute Gasteiger partial charge is 0.296 e. The van der Waals surface area contributed by atoms with E-state index in [9.17, 15) is 9.59 Å². The lowest BCUT2D eigenvalue weighted by molar-refractivity contribution is 0.102. The first-order valence-electron chi connectivity index (χ1n) is 6.61. The lowest BCUT2D eigenvalue weighted by Gasteiger charge is -2.06. The lowest BCUT2D eigenvalue weighted by atomic mass is 10.2. The Bertz CT molecular complexity index is 968. The minimum atomic E-state index is -0.536. The van der Waals surface area contributed by atoms with Gasteiger partial charge in [0.25, 0.3) is 11.5 Å². The molecule has 2 heterocycles. The smallest absolute Gasteiger partial charge is 0.291 e. The number of benzene rings is 1. The molecule has 0 spiro atoms. The Balaban J connectivity index is 1.84. The number of aryl methyl sites for hydroxylation is 1. The van der Waals surface area contributed by atoms with E-state index in [0.29, 0.717) is 16.4 Å². The van der Waals surface area contributed by atoms with E-state index in [1.165, 1.54) is 17.5 Å². The molecule has 7 nitrogen and oxygen atoms in total. The van der Waals surface area contributed by atoms with Crippen LogP contribution in [0.2, 0.25) is 10.0 Å². The predicted molar refractivity (Wildman–Crippen MR) is 92.5 cm³/mol. The van der Waals surface area contributed by atoms with E-state index in [2.05, 4.69) is 20.6 Å². The van der Waals surface area contributed by atoms with Crippen molar-refractivity contribution in [1.82, 2.24) is 20.0 Å². The summed E-state index contributed by atoms with van der Waals surface area (Å²) >= 11 is 12.9. The Kier molecular flexibility index (Phi) is 4.61. The molecule has 0 bridgehead atoms. The van der Waals surface area contributed by atoms with Crippen molar-refractivity contribution in [3.8, 4) is 5.69 Å². The molecule has 10 heteroatoms. The number of aromatic nitrogens is 4. The molecule has 1 N–H and O–H groups in total. The number of hydrogen-bond donors (Lipinski definition) is 1. The quantitative estimate of drug-likeness (QED) is 0.752. The van der Waals surface area contributed by atoms with Crippen molar-refractivity contribution in [2.75, 3.05) is 5.32 Å². The molecular weight excluding hydrogens is 373 g/mol. The maximum atomic E-state index is 12.1. The average molecular weight is 382 g/mol. The van der Waals surface area contributed by atoms with Crippen LogP contribution in [0.1, 0.15) is 15.4 Å². The van der Waals surface area contributed by atoms with Gasteiger partial charge >= 0.3 is 0 Å². The van der Waals surface area contributed by atoms with Crippen LogP contribution in [-0.2, 0) is 0 Å². The molecule has 1 amide bonds. The van der Waals surface area contributed by atoms with Crippen molar-refractivity contribution < 1.29 is 4.79 Å². The monoisotopic (exact) mass is 381 g/mol.